The van der Waals surface area contributed by atoms with Crippen LogP contribution in [0.3, 0.4) is 0 Å². The van der Waals surface area contributed by atoms with Crippen LogP contribution in [0.2, 0.25) is 10.0 Å². The monoisotopic (exact) mass is 487 g/mol. The highest BCUT2D eigenvalue weighted by molar-refractivity contribution is 6.42. The van der Waals surface area contributed by atoms with Gasteiger partial charge in [-0.15, -0.1) is 0 Å². The summed E-state index contributed by atoms with van der Waals surface area (Å²) in [6, 6.07) is 8.94. The van der Waals surface area contributed by atoms with E-state index in [4.69, 9.17) is 28.0 Å². The molecule has 1 N–H and O–H groups in total. The smallest absolute Gasteiger partial charge is 0.423 e. The average molecular weight is 488 g/mol. The molecule has 0 aromatic heterocycles. The van der Waals surface area contributed by atoms with Gasteiger partial charge in [0, 0.05) is 12.5 Å². The van der Waals surface area contributed by atoms with Gasteiger partial charge >= 0.3 is 12.1 Å². The predicted octanol–water partition coefficient (Wildman–Crippen LogP) is 7.16. The van der Waals surface area contributed by atoms with Crippen molar-refractivity contribution in [2.45, 2.75) is 62.4 Å². The van der Waals surface area contributed by atoms with Crippen molar-refractivity contribution >= 4 is 29.2 Å². The highest BCUT2D eigenvalue weighted by Crippen LogP contribution is 2.56. The highest BCUT2D eigenvalue weighted by atomic mass is 35.5. The van der Waals surface area contributed by atoms with Crippen LogP contribution in [0.1, 0.15) is 66.1 Å². The zero-order valence-electron chi connectivity index (χ0n) is 17.0. The Balaban J connectivity index is 1.80. The topological polar surface area (TPSA) is 49.8 Å². The highest BCUT2D eigenvalue weighted by Gasteiger charge is 2.64. The number of alkyl halides is 3. The Labute approximate surface area is 193 Å². The number of carboxylic acids is 1. The van der Waals surface area contributed by atoms with Crippen LogP contribution in [-0.4, -0.2) is 28.4 Å². The maximum atomic E-state index is 14.6. The van der Waals surface area contributed by atoms with Gasteiger partial charge in [-0.05, 0) is 48.2 Å². The van der Waals surface area contributed by atoms with E-state index in [9.17, 15) is 23.1 Å². The van der Waals surface area contributed by atoms with Gasteiger partial charge in [0.1, 0.15) is 0 Å². The molecular formula is C23H22Cl2F3NO3. The molecule has 2 unspecified atom stereocenters. The second kappa shape index (κ2) is 8.86. The molecule has 1 aliphatic heterocycles. The molecule has 1 aliphatic carbocycles. The zero-order chi connectivity index (χ0) is 23.1. The third-order valence-corrected chi connectivity index (χ3v) is 7.11. The first-order valence-electron chi connectivity index (χ1n) is 10.5. The first-order chi connectivity index (χ1) is 15.1. The van der Waals surface area contributed by atoms with Gasteiger partial charge in [0.25, 0.3) is 0 Å². The van der Waals surface area contributed by atoms with Gasteiger partial charge in [0.2, 0.25) is 5.60 Å². The van der Waals surface area contributed by atoms with Crippen molar-refractivity contribution in [2.24, 2.45) is 0 Å². The largest absolute Gasteiger partial charge is 0.478 e. The van der Waals surface area contributed by atoms with E-state index in [-0.39, 0.29) is 33.6 Å². The predicted molar refractivity (Wildman–Crippen MR) is 115 cm³/mol. The van der Waals surface area contributed by atoms with Crippen molar-refractivity contribution in [1.29, 1.82) is 0 Å². The van der Waals surface area contributed by atoms with E-state index in [2.05, 4.69) is 0 Å². The van der Waals surface area contributed by atoms with E-state index in [1.165, 1.54) is 35.4 Å². The Hall–Kier alpha value is -1.80. The molecule has 4 rings (SSSR count). The van der Waals surface area contributed by atoms with Gasteiger partial charge in [-0.25, -0.2) is 4.79 Å². The number of carboxylic acid groups (broad SMARTS) is 1. The number of hydrogen-bond donors (Lipinski definition) is 1. The molecule has 2 aliphatic rings. The fourth-order valence-electron chi connectivity index (χ4n) is 4.67. The summed E-state index contributed by atoms with van der Waals surface area (Å²) in [5.41, 5.74) is -2.05. The van der Waals surface area contributed by atoms with E-state index in [0.717, 1.165) is 32.1 Å². The summed E-state index contributed by atoms with van der Waals surface area (Å²) < 4.78 is 43.9. The summed E-state index contributed by atoms with van der Waals surface area (Å²) in [6.45, 7) is 0. The molecule has 4 nitrogen and oxygen atoms in total. The number of halogens is 5. The van der Waals surface area contributed by atoms with Crippen LogP contribution in [0, 0.1) is 0 Å². The van der Waals surface area contributed by atoms with Crippen LogP contribution in [0.5, 0.6) is 0 Å². The molecule has 2 fully saturated rings. The SMILES string of the molecule is O=C(O)c1ccc(C2CC(c3ccc(Cl)c(Cl)c3)(C(F)(F)F)ON2C2CCCCC2)cc1. The van der Waals surface area contributed by atoms with Gasteiger partial charge in [0.05, 0.1) is 21.7 Å². The molecule has 0 amide bonds. The van der Waals surface area contributed by atoms with E-state index in [1.54, 1.807) is 12.1 Å². The Morgan fingerprint density at radius 2 is 1.69 bits per heavy atom. The molecule has 32 heavy (non-hydrogen) atoms. The summed E-state index contributed by atoms with van der Waals surface area (Å²) in [7, 11) is 0. The lowest BCUT2D eigenvalue weighted by Gasteiger charge is -2.36. The third-order valence-electron chi connectivity index (χ3n) is 6.37. The quantitative estimate of drug-likeness (QED) is 0.496. The van der Waals surface area contributed by atoms with Crippen LogP contribution in [0.15, 0.2) is 42.5 Å². The molecule has 0 radical (unpaired) electrons. The first kappa shape index (κ1) is 23.4. The minimum absolute atomic E-state index is 0.0230. The Kier molecular flexibility index (Phi) is 6.47. The molecule has 0 spiro atoms. The molecule has 1 saturated heterocycles. The summed E-state index contributed by atoms with van der Waals surface area (Å²) >= 11 is 12.0. The lowest BCUT2D eigenvalue weighted by atomic mass is 9.85. The second-order valence-corrected chi connectivity index (χ2v) is 9.16. The Bertz CT molecular complexity index is 993. The fourth-order valence-corrected chi connectivity index (χ4v) is 4.97. The van der Waals surface area contributed by atoms with Crippen molar-refractivity contribution in [3.63, 3.8) is 0 Å². The molecule has 172 valence electrons. The minimum atomic E-state index is -4.72. The number of hydroxylamine groups is 2. The maximum Gasteiger partial charge on any atom is 0.423 e. The first-order valence-corrected chi connectivity index (χ1v) is 11.2. The number of aromatic carboxylic acids is 1. The van der Waals surface area contributed by atoms with Crippen LogP contribution in [0.25, 0.3) is 0 Å². The number of nitrogens with zero attached hydrogens (tertiary/aromatic N) is 1. The summed E-state index contributed by atoms with van der Waals surface area (Å²) in [5, 5.41) is 10.9. The standard InChI is InChI=1S/C23H22Cl2F3NO3/c24-18-11-10-16(12-19(18)25)22(23(26,27)28)13-20(14-6-8-15(9-7-14)21(30)31)29(32-22)17-4-2-1-3-5-17/h6-12,17,20H,1-5,13H2,(H,30,31). The van der Waals surface area contributed by atoms with Crippen molar-refractivity contribution in [1.82, 2.24) is 5.06 Å². The lowest BCUT2D eigenvalue weighted by molar-refractivity contribution is -0.337. The number of hydrogen-bond acceptors (Lipinski definition) is 3. The average Bonchev–Trinajstić information content (AvgIpc) is 3.19. The summed E-state index contributed by atoms with van der Waals surface area (Å²) in [4.78, 5) is 17.1. The molecule has 2 aromatic rings. The molecular weight excluding hydrogens is 466 g/mol. The van der Waals surface area contributed by atoms with Crippen molar-refractivity contribution in [3.05, 3.63) is 69.2 Å². The van der Waals surface area contributed by atoms with E-state index in [0.29, 0.717) is 5.56 Å². The van der Waals surface area contributed by atoms with Crippen molar-refractivity contribution in [2.75, 3.05) is 0 Å². The van der Waals surface area contributed by atoms with Gasteiger partial charge < -0.3 is 5.11 Å². The van der Waals surface area contributed by atoms with Crippen LogP contribution >= 0.6 is 23.2 Å². The molecule has 1 saturated carbocycles. The molecule has 2 aromatic carbocycles. The van der Waals surface area contributed by atoms with Gasteiger partial charge in [0.15, 0.2) is 0 Å². The summed E-state index contributed by atoms with van der Waals surface area (Å²) in [5.74, 6) is -1.09. The van der Waals surface area contributed by atoms with Crippen LogP contribution in [0.4, 0.5) is 13.2 Å². The van der Waals surface area contributed by atoms with Crippen molar-refractivity contribution < 1.29 is 27.9 Å². The van der Waals surface area contributed by atoms with E-state index in [1.807, 2.05) is 0 Å². The molecule has 1 heterocycles. The van der Waals surface area contributed by atoms with Crippen molar-refractivity contribution in [3.8, 4) is 0 Å². The fraction of sp³-hybridized carbons (Fsp3) is 0.435. The van der Waals surface area contributed by atoms with Gasteiger partial charge in [-0.1, -0.05) is 60.7 Å². The van der Waals surface area contributed by atoms with E-state index >= 15 is 0 Å². The third kappa shape index (κ3) is 4.23. The number of carbonyl (C=O) groups is 1. The van der Waals surface area contributed by atoms with E-state index < -0.39 is 23.8 Å². The van der Waals surface area contributed by atoms with Crippen LogP contribution in [-0.2, 0) is 10.4 Å². The van der Waals surface area contributed by atoms with Gasteiger partial charge in [-0.3, -0.25) is 4.84 Å². The Morgan fingerprint density at radius 3 is 2.25 bits per heavy atom. The second-order valence-electron chi connectivity index (χ2n) is 8.34. The number of rotatable bonds is 4. The summed E-state index contributed by atoms with van der Waals surface area (Å²) in [6.07, 6.45) is -0.746. The van der Waals surface area contributed by atoms with Crippen LogP contribution < -0.4 is 0 Å². The van der Waals surface area contributed by atoms with Gasteiger partial charge in [-0.2, -0.15) is 18.2 Å². The normalized spacial score (nSPS) is 25.2. The maximum absolute atomic E-state index is 14.6. The minimum Gasteiger partial charge on any atom is -0.478 e. The number of benzene rings is 2. The molecule has 0 bridgehead atoms. The Morgan fingerprint density at radius 1 is 1.03 bits per heavy atom. The lowest BCUT2D eigenvalue weighted by Crippen LogP contribution is -2.44. The molecule has 2 atom stereocenters. The zero-order valence-corrected chi connectivity index (χ0v) is 18.6. The molecule has 9 heteroatoms.